The van der Waals surface area contributed by atoms with Crippen LogP contribution in [0.4, 0.5) is 0 Å². The third-order valence-corrected chi connectivity index (χ3v) is 3.24. The Morgan fingerprint density at radius 2 is 2.35 bits per heavy atom. The maximum Gasteiger partial charge on any atom is 0.335 e. The molecule has 0 fully saturated rings. The summed E-state index contributed by atoms with van der Waals surface area (Å²) in [5, 5.41) is 16.6. The Hall–Kier alpha value is -1.82. The molecule has 88 valence electrons. The van der Waals surface area contributed by atoms with Crippen LogP contribution in [0.15, 0.2) is 35.5 Å². The van der Waals surface area contributed by atoms with E-state index in [2.05, 4.69) is 10.2 Å². The van der Waals surface area contributed by atoms with E-state index in [-0.39, 0.29) is 0 Å². The van der Waals surface area contributed by atoms with Crippen LogP contribution in [0.5, 0.6) is 0 Å². The molecule has 5 nitrogen and oxygen atoms in total. The standard InChI is InChI=1S/C11H11N3O2S/c1-14-7-12-13-10(14)6-17-9-4-2-3-8(5-9)11(15)16/h2-5,7H,6H2,1H3,(H,15,16). The molecule has 1 N–H and O–H groups in total. The number of carbonyl (C=O) groups is 1. The lowest BCUT2D eigenvalue weighted by Gasteiger charge is -2.02. The minimum Gasteiger partial charge on any atom is -0.478 e. The average molecular weight is 249 g/mol. The summed E-state index contributed by atoms with van der Waals surface area (Å²) in [6, 6.07) is 6.86. The third kappa shape index (κ3) is 2.85. The van der Waals surface area contributed by atoms with E-state index >= 15 is 0 Å². The molecule has 2 aromatic rings. The monoisotopic (exact) mass is 249 g/mol. The van der Waals surface area contributed by atoms with Gasteiger partial charge in [0.2, 0.25) is 0 Å². The molecule has 0 amide bonds. The zero-order valence-corrected chi connectivity index (χ0v) is 10.0. The Balaban J connectivity index is 2.07. The molecule has 0 radical (unpaired) electrons. The van der Waals surface area contributed by atoms with Gasteiger partial charge in [0.15, 0.2) is 0 Å². The number of hydrogen-bond acceptors (Lipinski definition) is 4. The zero-order chi connectivity index (χ0) is 12.3. The maximum atomic E-state index is 10.8. The first-order valence-electron chi connectivity index (χ1n) is 4.96. The van der Waals surface area contributed by atoms with Gasteiger partial charge in [-0.1, -0.05) is 6.07 Å². The van der Waals surface area contributed by atoms with Gasteiger partial charge in [0.25, 0.3) is 0 Å². The SMILES string of the molecule is Cn1cnnc1CSc1cccc(C(=O)O)c1. The first-order valence-corrected chi connectivity index (χ1v) is 5.94. The number of aryl methyl sites for hydroxylation is 1. The molecule has 1 heterocycles. The van der Waals surface area contributed by atoms with Gasteiger partial charge in [0.1, 0.15) is 12.2 Å². The van der Waals surface area contributed by atoms with Crippen molar-refractivity contribution in [1.82, 2.24) is 14.8 Å². The second kappa shape index (κ2) is 5.01. The molecular weight excluding hydrogens is 238 g/mol. The molecule has 0 aliphatic heterocycles. The summed E-state index contributed by atoms with van der Waals surface area (Å²) >= 11 is 1.54. The number of nitrogens with zero attached hydrogens (tertiary/aromatic N) is 3. The first kappa shape index (κ1) is 11.7. The van der Waals surface area contributed by atoms with Crippen molar-refractivity contribution in [1.29, 1.82) is 0 Å². The number of carboxylic acid groups (broad SMARTS) is 1. The minimum atomic E-state index is -0.911. The number of rotatable bonds is 4. The van der Waals surface area contributed by atoms with Gasteiger partial charge >= 0.3 is 5.97 Å². The van der Waals surface area contributed by atoms with E-state index in [1.54, 1.807) is 24.5 Å². The largest absolute Gasteiger partial charge is 0.478 e. The second-order valence-electron chi connectivity index (χ2n) is 3.48. The lowest BCUT2D eigenvalue weighted by Crippen LogP contribution is -1.96. The highest BCUT2D eigenvalue weighted by atomic mass is 32.2. The highest BCUT2D eigenvalue weighted by Crippen LogP contribution is 2.22. The molecule has 6 heteroatoms. The second-order valence-corrected chi connectivity index (χ2v) is 4.53. The van der Waals surface area contributed by atoms with Crippen molar-refractivity contribution in [2.45, 2.75) is 10.6 Å². The molecule has 0 atom stereocenters. The number of hydrogen-bond donors (Lipinski definition) is 1. The molecule has 0 unspecified atom stereocenters. The lowest BCUT2D eigenvalue weighted by molar-refractivity contribution is 0.0696. The summed E-state index contributed by atoms with van der Waals surface area (Å²) in [5.41, 5.74) is 0.299. The molecule has 2 rings (SSSR count). The number of benzene rings is 1. The Morgan fingerprint density at radius 3 is 3.00 bits per heavy atom. The predicted molar refractivity (Wildman–Crippen MR) is 64.0 cm³/mol. The summed E-state index contributed by atoms with van der Waals surface area (Å²) in [5.74, 6) is 0.612. The number of thioether (sulfide) groups is 1. The normalized spacial score (nSPS) is 10.4. The fourth-order valence-corrected chi connectivity index (χ4v) is 2.25. The number of aromatic nitrogens is 3. The van der Waals surface area contributed by atoms with Gasteiger partial charge in [-0.15, -0.1) is 22.0 Å². The zero-order valence-electron chi connectivity index (χ0n) is 9.20. The average Bonchev–Trinajstić information content (AvgIpc) is 2.72. The Labute approximate surface area is 102 Å². The van der Waals surface area contributed by atoms with Crippen LogP contribution >= 0.6 is 11.8 Å². The Bertz CT molecular complexity index is 539. The molecule has 17 heavy (non-hydrogen) atoms. The summed E-state index contributed by atoms with van der Waals surface area (Å²) in [7, 11) is 1.88. The summed E-state index contributed by atoms with van der Waals surface area (Å²) in [6.07, 6.45) is 1.64. The molecule has 0 aliphatic rings. The van der Waals surface area contributed by atoms with Crippen LogP contribution in [0.3, 0.4) is 0 Å². The van der Waals surface area contributed by atoms with E-state index in [9.17, 15) is 4.79 Å². The predicted octanol–water partition coefficient (Wildman–Crippen LogP) is 1.81. The third-order valence-electron chi connectivity index (χ3n) is 2.25. The fraction of sp³-hybridized carbons (Fsp3) is 0.182. The molecule has 0 aliphatic carbocycles. The highest BCUT2D eigenvalue weighted by Gasteiger charge is 2.05. The summed E-state index contributed by atoms with van der Waals surface area (Å²) < 4.78 is 1.84. The van der Waals surface area contributed by atoms with Crippen molar-refractivity contribution >= 4 is 17.7 Å². The molecule has 1 aromatic heterocycles. The van der Waals surface area contributed by atoms with Gasteiger partial charge < -0.3 is 9.67 Å². The van der Waals surface area contributed by atoms with Crippen LogP contribution in [0.1, 0.15) is 16.2 Å². The topological polar surface area (TPSA) is 68.0 Å². The first-order chi connectivity index (χ1) is 8.16. The van der Waals surface area contributed by atoms with Gasteiger partial charge in [-0.3, -0.25) is 0 Å². The Morgan fingerprint density at radius 1 is 1.53 bits per heavy atom. The van der Waals surface area contributed by atoms with Crippen molar-refractivity contribution in [3.05, 3.63) is 42.0 Å². The van der Waals surface area contributed by atoms with Crippen LogP contribution in [-0.4, -0.2) is 25.8 Å². The van der Waals surface area contributed by atoms with Gasteiger partial charge in [-0.25, -0.2) is 4.79 Å². The van der Waals surface area contributed by atoms with Crippen LogP contribution < -0.4 is 0 Å². The van der Waals surface area contributed by atoms with Crippen LogP contribution in [0.25, 0.3) is 0 Å². The van der Waals surface area contributed by atoms with Gasteiger partial charge in [-0.05, 0) is 18.2 Å². The van der Waals surface area contributed by atoms with E-state index < -0.39 is 5.97 Å². The van der Waals surface area contributed by atoms with Gasteiger partial charge in [-0.2, -0.15) is 0 Å². The van der Waals surface area contributed by atoms with E-state index in [0.717, 1.165) is 10.7 Å². The number of carboxylic acids is 1. The van der Waals surface area contributed by atoms with Crippen LogP contribution in [0, 0.1) is 0 Å². The molecule has 0 saturated carbocycles. The maximum absolute atomic E-state index is 10.8. The summed E-state index contributed by atoms with van der Waals surface area (Å²) in [4.78, 5) is 11.7. The van der Waals surface area contributed by atoms with Crippen LogP contribution in [-0.2, 0) is 12.8 Å². The minimum absolute atomic E-state index is 0.299. The van der Waals surface area contributed by atoms with Crippen LogP contribution in [0.2, 0.25) is 0 Å². The highest BCUT2D eigenvalue weighted by molar-refractivity contribution is 7.98. The number of aromatic carboxylic acids is 1. The van der Waals surface area contributed by atoms with Crippen molar-refractivity contribution < 1.29 is 9.90 Å². The smallest absolute Gasteiger partial charge is 0.335 e. The molecule has 0 spiro atoms. The van der Waals surface area contributed by atoms with E-state index in [1.807, 2.05) is 17.7 Å². The van der Waals surface area contributed by atoms with Gasteiger partial charge in [0.05, 0.1) is 11.3 Å². The lowest BCUT2D eigenvalue weighted by atomic mass is 10.2. The van der Waals surface area contributed by atoms with Gasteiger partial charge in [0, 0.05) is 11.9 Å². The summed E-state index contributed by atoms with van der Waals surface area (Å²) in [6.45, 7) is 0. The fourth-order valence-electron chi connectivity index (χ4n) is 1.30. The van der Waals surface area contributed by atoms with Crippen molar-refractivity contribution in [3.63, 3.8) is 0 Å². The Kier molecular flexibility index (Phi) is 3.43. The van der Waals surface area contributed by atoms with E-state index in [0.29, 0.717) is 11.3 Å². The van der Waals surface area contributed by atoms with E-state index in [1.165, 1.54) is 11.8 Å². The quantitative estimate of drug-likeness (QED) is 0.837. The molecule has 0 bridgehead atoms. The van der Waals surface area contributed by atoms with E-state index in [4.69, 9.17) is 5.11 Å². The van der Waals surface area contributed by atoms with Crippen molar-refractivity contribution in [2.75, 3.05) is 0 Å². The molecular formula is C11H11N3O2S. The van der Waals surface area contributed by atoms with Crippen molar-refractivity contribution in [3.8, 4) is 0 Å². The molecule has 1 aromatic carbocycles. The molecule has 0 saturated heterocycles. The van der Waals surface area contributed by atoms with Crippen molar-refractivity contribution in [2.24, 2.45) is 7.05 Å².